The molecule has 2 aromatic rings. The highest BCUT2D eigenvalue weighted by atomic mass is 32.1. The zero-order valence-electron chi connectivity index (χ0n) is 9.18. The second-order valence-electron chi connectivity index (χ2n) is 3.88. The standard InChI is InChI=1S/C12H15N3S/c1-8-5-10(12(14)15-7-8)11(13)6-9-3-2-4-16-9/h2-5,7,11H,6,13H2,1H3,(H2,14,15). The maximum atomic E-state index is 6.14. The van der Waals surface area contributed by atoms with Crippen molar-refractivity contribution in [2.45, 2.75) is 19.4 Å². The fraction of sp³-hybridized carbons (Fsp3) is 0.250. The molecule has 0 bridgehead atoms. The Morgan fingerprint density at radius 2 is 2.31 bits per heavy atom. The van der Waals surface area contributed by atoms with E-state index in [9.17, 15) is 0 Å². The van der Waals surface area contributed by atoms with Gasteiger partial charge in [-0.15, -0.1) is 11.3 Å². The summed E-state index contributed by atoms with van der Waals surface area (Å²) in [5.74, 6) is 0.537. The maximum Gasteiger partial charge on any atom is 0.128 e. The van der Waals surface area contributed by atoms with Crippen molar-refractivity contribution < 1.29 is 0 Å². The number of pyridine rings is 1. The van der Waals surface area contributed by atoms with Crippen molar-refractivity contribution in [2.24, 2.45) is 5.73 Å². The number of hydrogen-bond acceptors (Lipinski definition) is 4. The fourth-order valence-electron chi connectivity index (χ4n) is 1.65. The number of anilines is 1. The lowest BCUT2D eigenvalue weighted by atomic mass is 10.0. The number of thiophene rings is 1. The molecule has 0 amide bonds. The molecular weight excluding hydrogens is 218 g/mol. The van der Waals surface area contributed by atoms with Crippen molar-refractivity contribution >= 4 is 17.2 Å². The third kappa shape index (κ3) is 2.40. The Morgan fingerprint density at radius 1 is 1.50 bits per heavy atom. The van der Waals surface area contributed by atoms with Gasteiger partial charge < -0.3 is 11.5 Å². The van der Waals surface area contributed by atoms with Crippen molar-refractivity contribution in [2.75, 3.05) is 5.73 Å². The van der Waals surface area contributed by atoms with Gasteiger partial charge in [-0.3, -0.25) is 0 Å². The van der Waals surface area contributed by atoms with Gasteiger partial charge in [0, 0.05) is 29.1 Å². The second-order valence-corrected chi connectivity index (χ2v) is 4.91. The molecule has 1 unspecified atom stereocenters. The molecule has 4 heteroatoms. The summed E-state index contributed by atoms with van der Waals surface area (Å²) in [7, 11) is 0. The van der Waals surface area contributed by atoms with E-state index in [1.54, 1.807) is 17.5 Å². The van der Waals surface area contributed by atoms with E-state index in [-0.39, 0.29) is 6.04 Å². The third-order valence-corrected chi connectivity index (χ3v) is 3.39. The van der Waals surface area contributed by atoms with Gasteiger partial charge in [-0.2, -0.15) is 0 Å². The summed E-state index contributed by atoms with van der Waals surface area (Å²) in [6.07, 6.45) is 2.57. The van der Waals surface area contributed by atoms with E-state index >= 15 is 0 Å². The molecule has 84 valence electrons. The van der Waals surface area contributed by atoms with Gasteiger partial charge in [0.2, 0.25) is 0 Å². The molecule has 0 aliphatic carbocycles. The van der Waals surface area contributed by atoms with Crippen LogP contribution >= 0.6 is 11.3 Å². The molecule has 0 fully saturated rings. The second kappa shape index (κ2) is 4.63. The van der Waals surface area contributed by atoms with Gasteiger partial charge in [-0.1, -0.05) is 6.07 Å². The first-order valence-corrected chi connectivity index (χ1v) is 6.05. The number of aromatic nitrogens is 1. The SMILES string of the molecule is Cc1cnc(N)c(C(N)Cc2cccs2)c1. The van der Waals surface area contributed by atoms with E-state index in [4.69, 9.17) is 11.5 Å². The van der Waals surface area contributed by atoms with Crippen molar-refractivity contribution in [1.82, 2.24) is 4.98 Å². The number of rotatable bonds is 3. The average Bonchev–Trinajstić information content (AvgIpc) is 2.74. The van der Waals surface area contributed by atoms with E-state index in [2.05, 4.69) is 16.4 Å². The van der Waals surface area contributed by atoms with Gasteiger partial charge in [0.15, 0.2) is 0 Å². The molecule has 2 aromatic heterocycles. The van der Waals surface area contributed by atoms with Crippen LogP contribution in [0.1, 0.15) is 22.0 Å². The van der Waals surface area contributed by atoms with Crippen LogP contribution < -0.4 is 11.5 Å². The summed E-state index contributed by atoms with van der Waals surface area (Å²) in [4.78, 5) is 5.40. The zero-order valence-corrected chi connectivity index (χ0v) is 10.00. The summed E-state index contributed by atoms with van der Waals surface area (Å²) in [5.41, 5.74) is 14.0. The lowest BCUT2D eigenvalue weighted by Crippen LogP contribution is -2.15. The van der Waals surface area contributed by atoms with Crippen LogP contribution in [0.3, 0.4) is 0 Å². The van der Waals surface area contributed by atoms with Crippen molar-refractivity contribution in [3.63, 3.8) is 0 Å². The molecule has 2 heterocycles. The van der Waals surface area contributed by atoms with E-state index in [1.165, 1.54) is 4.88 Å². The highest BCUT2D eigenvalue weighted by Crippen LogP contribution is 2.23. The average molecular weight is 233 g/mol. The number of nitrogens with two attached hydrogens (primary N) is 2. The minimum Gasteiger partial charge on any atom is -0.383 e. The van der Waals surface area contributed by atoms with Gasteiger partial charge in [0.05, 0.1) is 0 Å². The van der Waals surface area contributed by atoms with Crippen LogP contribution in [0.5, 0.6) is 0 Å². The first-order chi connectivity index (χ1) is 7.66. The quantitative estimate of drug-likeness (QED) is 0.854. The minimum absolute atomic E-state index is 0.0777. The topological polar surface area (TPSA) is 64.9 Å². The van der Waals surface area contributed by atoms with E-state index in [1.807, 2.05) is 19.1 Å². The molecule has 4 N–H and O–H groups in total. The molecule has 0 saturated heterocycles. The van der Waals surface area contributed by atoms with Crippen LogP contribution in [0.4, 0.5) is 5.82 Å². The number of nitrogen functional groups attached to an aromatic ring is 1. The van der Waals surface area contributed by atoms with Gasteiger partial charge in [-0.25, -0.2) is 4.98 Å². The Balaban J connectivity index is 2.20. The molecule has 0 radical (unpaired) electrons. The summed E-state index contributed by atoms with van der Waals surface area (Å²) < 4.78 is 0. The largest absolute Gasteiger partial charge is 0.383 e. The molecule has 16 heavy (non-hydrogen) atoms. The molecule has 0 aromatic carbocycles. The molecule has 0 aliphatic heterocycles. The van der Waals surface area contributed by atoms with Crippen LogP contribution in [0.15, 0.2) is 29.8 Å². The van der Waals surface area contributed by atoms with E-state index < -0.39 is 0 Å². The lowest BCUT2D eigenvalue weighted by Gasteiger charge is -2.13. The Morgan fingerprint density at radius 3 is 3.00 bits per heavy atom. The Hall–Kier alpha value is -1.39. The Labute approximate surface area is 99.1 Å². The third-order valence-electron chi connectivity index (χ3n) is 2.49. The van der Waals surface area contributed by atoms with Crippen LogP contribution in [0, 0.1) is 6.92 Å². The summed E-state index contributed by atoms with van der Waals surface area (Å²) in [6, 6.07) is 6.06. The Bertz CT molecular complexity index is 465. The van der Waals surface area contributed by atoms with Crippen LogP contribution in [0.2, 0.25) is 0 Å². The molecule has 0 spiro atoms. The van der Waals surface area contributed by atoms with Gasteiger partial charge in [0.1, 0.15) is 5.82 Å². The number of hydrogen-bond donors (Lipinski definition) is 2. The maximum absolute atomic E-state index is 6.14. The van der Waals surface area contributed by atoms with Crippen molar-refractivity contribution in [1.29, 1.82) is 0 Å². The molecule has 2 rings (SSSR count). The first kappa shape index (κ1) is 11.1. The monoisotopic (exact) mass is 233 g/mol. The fourth-order valence-corrected chi connectivity index (χ4v) is 2.42. The summed E-state index contributed by atoms with van der Waals surface area (Å²) in [5, 5.41) is 2.06. The first-order valence-electron chi connectivity index (χ1n) is 5.17. The van der Waals surface area contributed by atoms with Gasteiger partial charge >= 0.3 is 0 Å². The predicted octanol–water partition coefficient (Wildman–Crippen LogP) is 2.28. The van der Waals surface area contributed by atoms with Gasteiger partial charge in [-0.05, 0) is 30.0 Å². The smallest absolute Gasteiger partial charge is 0.128 e. The molecule has 1 atom stereocenters. The highest BCUT2D eigenvalue weighted by Gasteiger charge is 2.12. The summed E-state index contributed by atoms with van der Waals surface area (Å²) >= 11 is 1.71. The van der Waals surface area contributed by atoms with Crippen molar-refractivity contribution in [3.05, 3.63) is 45.8 Å². The molecular formula is C12H15N3S. The van der Waals surface area contributed by atoms with E-state index in [0.29, 0.717) is 5.82 Å². The van der Waals surface area contributed by atoms with Crippen LogP contribution in [-0.4, -0.2) is 4.98 Å². The molecule has 0 saturated carbocycles. The van der Waals surface area contributed by atoms with Crippen molar-refractivity contribution in [3.8, 4) is 0 Å². The zero-order chi connectivity index (χ0) is 11.5. The number of aryl methyl sites for hydroxylation is 1. The normalized spacial score (nSPS) is 12.6. The molecule has 3 nitrogen and oxygen atoms in total. The highest BCUT2D eigenvalue weighted by molar-refractivity contribution is 7.09. The lowest BCUT2D eigenvalue weighted by molar-refractivity contribution is 0.728. The predicted molar refractivity (Wildman–Crippen MR) is 68.3 cm³/mol. The summed E-state index contributed by atoms with van der Waals surface area (Å²) in [6.45, 7) is 1.99. The Kier molecular flexibility index (Phi) is 3.22. The van der Waals surface area contributed by atoms with Crippen LogP contribution in [-0.2, 0) is 6.42 Å². The van der Waals surface area contributed by atoms with Crippen LogP contribution in [0.25, 0.3) is 0 Å². The molecule has 0 aliphatic rings. The van der Waals surface area contributed by atoms with E-state index in [0.717, 1.165) is 17.5 Å². The number of nitrogens with zero attached hydrogens (tertiary/aromatic N) is 1. The van der Waals surface area contributed by atoms with Gasteiger partial charge in [0.25, 0.3) is 0 Å². The minimum atomic E-state index is -0.0777.